The van der Waals surface area contributed by atoms with Crippen LogP contribution in [0.1, 0.15) is 130 Å². The van der Waals surface area contributed by atoms with Crippen molar-refractivity contribution in [3.05, 3.63) is 0 Å². The molecule has 0 spiro atoms. The van der Waals surface area contributed by atoms with Crippen LogP contribution in [0.5, 0.6) is 0 Å². The maximum Gasteiger partial charge on any atom is 0.142 e. The maximum absolute atomic E-state index is 6.03. The summed E-state index contributed by atoms with van der Waals surface area (Å²) in [4.78, 5) is 2.11. The topological polar surface area (TPSA) is 21.7 Å². The van der Waals surface area contributed by atoms with E-state index in [1.54, 1.807) is 0 Å². The largest absolute Gasteiger partial charge is 0.377 e. The fourth-order valence-corrected chi connectivity index (χ4v) is 3.79. The summed E-state index contributed by atoms with van der Waals surface area (Å²) in [6.45, 7) is 10.1. The molecule has 0 aliphatic carbocycles. The van der Waals surface area contributed by atoms with Gasteiger partial charge in [-0.15, -0.1) is 0 Å². The first-order chi connectivity index (χ1) is 13.9. The Kier molecular flexibility index (Phi) is 19.7. The number of hydrogen-bond donors (Lipinski definition) is 0. The van der Waals surface area contributed by atoms with Crippen molar-refractivity contribution in [1.82, 2.24) is 4.90 Å². The smallest absolute Gasteiger partial charge is 0.142 e. The first-order valence-corrected chi connectivity index (χ1v) is 12.9. The highest BCUT2D eigenvalue weighted by atomic mass is 16.6. The number of hydrogen-bond acceptors (Lipinski definition) is 3. The summed E-state index contributed by atoms with van der Waals surface area (Å²) in [5, 5.41) is 0. The standard InChI is InChI=1S/C26H55NO2/c1-7-8-9-10-11-12-13-14-15-16-17-18-19-20-21-22-23-28-24-26(4,27(5)6)29-25(2)3/h25H,7-24H2,1-6H3. The molecule has 0 N–H and O–H groups in total. The van der Waals surface area contributed by atoms with Crippen LogP contribution in [-0.4, -0.2) is 44.0 Å². The summed E-state index contributed by atoms with van der Waals surface area (Å²) in [6, 6.07) is 0. The lowest BCUT2D eigenvalue weighted by Crippen LogP contribution is -2.49. The molecule has 0 fully saturated rings. The predicted octanol–water partition coefficient (Wildman–Crippen LogP) is 7.97. The molecule has 0 aromatic heterocycles. The number of rotatable bonds is 22. The van der Waals surface area contributed by atoms with Crippen molar-refractivity contribution in [3.63, 3.8) is 0 Å². The van der Waals surface area contributed by atoms with Gasteiger partial charge in [0.15, 0.2) is 0 Å². The van der Waals surface area contributed by atoms with Crippen molar-refractivity contribution in [3.8, 4) is 0 Å². The van der Waals surface area contributed by atoms with Crippen molar-refractivity contribution < 1.29 is 9.47 Å². The van der Waals surface area contributed by atoms with E-state index in [0.717, 1.165) is 6.61 Å². The van der Waals surface area contributed by atoms with Gasteiger partial charge in [-0.25, -0.2) is 0 Å². The van der Waals surface area contributed by atoms with Gasteiger partial charge in [0, 0.05) is 6.61 Å². The molecule has 0 rings (SSSR count). The summed E-state index contributed by atoms with van der Waals surface area (Å²) >= 11 is 0. The summed E-state index contributed by atoms with van der Waals surface area (Å²) in [7, 11) is 4.11. The third-order valence-corrected chi connectivity index (χ3v) is 5.95. The lowest BCUT2D eigenvalue weighted by Gasteiger charge is -2.37. The normalized spacial score (nSPS) is 14.1. The average molecular weight is 414 g/mol. The van der Waals surface area contributed by atoms with E-state index in [1.807, 2.05) is 0 Å². The zero-order valence-electron chi connectivity index (χ0n) is 21.1. The van der Waals surface area contributed by atoms with Gasteiger partial charge in [-0.1, -0.05) is 103 Å². The molecule has 0 aliphatic heterocycles. The summed E-state index contributed by atoms with van der Waals surface area (Å²) < 4.78 is 11.9. The van der Waals surface area contributed by atoms with Gasteiger partial charge in [0.2, 0.25) is 0 Å². The molecular formula is C26H55NO2. The van der Waals surface area contributed by atoms with Gasteiger partial charge in [0.1, 0.15) is 5.72 Å². The van der Waals surface area contributed by atoms with Crippen LogP contribution >= 0.6 is 0 Å². The quantitative estimate of drug-likeness (QED) is 0.133. The van der Waals surface area contributed by atoms with E-state index >= 15 is 0 Å². The van der Waals surface area contributed by atoms with Crippen LogP contribution in [0.4, 0.5) is 0 Å². The minimum absolute atomic E-state index is 0.210. The van der Waals surface area contributed by atoms with Crippen molar-refractivity contribution >= 4 is 0 Å². The third kappa shape index (κ3) is 18.4. The van der Waals surface area contributed by atoms with Crippen LogP contribution in [0.15, 0.2) is 0 Å². The first-order valence-electron chi connectivity index (χ1n) is 12.9. The van der Waals surface area contributed by atoms with Gasteiger partial charge in [0.05, 0.1) is 12.7 Å². The molecule has 3 nitrogen and oxygen atoms in total. The van der Waals surface area contributed by atoms with Gasteiger partial charge >= 0.3 is 0 Å². The van der Waals surface area contributed by atoms with E-state index in [-0.39, 0.29) is 11.8 Å². The van der Waals surface area contributed by atoms with E-state index < -0.39 is 0 Å². The molecule has 1 atom stereocenters. The fourth-order valence-electron chi connectivity index (χ4n) is 3.79. The second-order valence-electron chi connectivity index (χ2n) is 9.59. The van der Waals surface area contributed by atoms with Gasteiger partial charge in [0.25, 0.3) is 0 Å². The molecule has 1 unspecified atom stereocenters. The number of unbranched alkanes of at least 4 members (excludes halogenated alkanes) is 15. The van der Waals surface area contributed by atoms with Gasteiger partial charge in [-0.05, 0) is 41.3 Å². The third-order valence-electron chi connectivity index (χ3n) is 5.95. The van der Waals surface area contributed by atoms with Crippen molar-refractivity contribution in [1.29, 1.82) is 0 Å². The fraction of sp³-hybridized carbons (Fsp3) is 1.00. The Morgan fingerprint density at radius 1 is 0.655 bits per heavy atom. The molecular weight excluding hydrogens is 358 g/mol. The molecule has 0 aromatic carbocycles. The molecule has 0 bridgehead atoms. The van der Waals surface area contributed by atoms with E-state index in [0.29, 0.717) is 6.61 Å². The van der Waals surface area contributed by atoms with Crippen LogP contribution in [0, 0.1) is 0 Å². The average Bonchev–Trinajstić information content (AvgIpc) is 2.66. The minimum Gasteiger partial charge on any atom is -0.377 e. The van der Waals surface area contributed by atoms with E-state index in [1.165, 1.54) is 103 Å². The highest BCUT2D eigenvalue weighted by Crippen LogP contribution is 2.17. The van der Waals surface area contributed by atoms with Crippen LogP contribution in [0.2, 0.25) is 0 Å². The molecule has 0 aliphatic rings. The second-order valence-corrected chi connectivity index (χ2v) is 9.59. The Labute approximate surface area is 184 Å². The molecule has 3 heteroatoms. The Morgan fingerprint density at radius 2 is 1.03 bits per heavy atom. The monoisotopic (exact) mass is 413 g/mol. The Morgan fingerprint density at radius 3 is 1.38 bits per heavy atom. The summed E-state index contributed by atoms with van der Waals surface area (Å²) in [5.74, 6) is 0. The van der Waals surface area contributed by atoms with Crippen LogP contribution in [0.25, 0.3) is 0 Å². The molecule has 0 radical (unpaired) electrons. The molecule has 0 saturated heterocycles. The first kappa shape index (κ1) is 28.9. The Bertz CT molecular complexity index is 333. The zero-order chi connectivity index (χ0) is 21.8. The summed E-state index contributed by atoms with van der Waals surface area (Å²) in [6.07, 6.45) is 22.7. The molecule has 0 saturated carbocycles. The Balaban J connectivity index is 3.33. The number of nitrogens with zero attached hydrogens (tertiary/aromatic N) is 1. The predicted molar refractivity (Wildman–Crippen MR) is 129 cm³/mol. The van der Waals surface area contributed by atoms with Crippen molar-refractivity contribution in [2.75, 3.05) is 27.3 Å². The maximum atomic E-state index is 6.03. The van der Waals surface area contributed by atoms with Gasteiger partial charge < -0.3 is 9.47 Å². The summed E-state index contributed by atoms with van der Waals surface area (Å²) in [5.41, 5.74) is -0.330. The lowest BCUT2D eigenvalue weighted by atomic mass is 10.0. The zero-order valence-corrected chi connectivity index (χ0v) is 21.1. The molecule has 29 heavy (non-hydrogen) atoms. The highest BCUT2D eigenvalue weighted by molar-refractivity contribution is 4.72. The molecule has 176 valence electrons. The van der Waals surface area contributed by atoms with E-state index in [9.17, 15) is 0 Å². The van der Waals surface area contributed by atoms with Crippen LogP contribution in [0.3, 0.4) is 0 Å². The lowest BCUT2D eigenvalue weighted by molar-refractivity contribution is -0.183. The van der Waals surface area contributed by atoms with E-state index in [2.05, 4.69) is 46.7 Å². The molecule has 0 aromatic rings. The Hall–Kier alpha value is -0.120. The van der Waals surface area contributed by atoms with Crippen LogP contribution in [-0.2, 0) is 9.47 Å². The minimum atomic E-state index is -0.330. The molecule has 0 heterocycles. The van der Waals surface area contributed by atoms with E-state index in [4.69, 9.17) is 9.47 Å². The second kappa shape index (κ2) is 19.8. The van der Waals surface area contributed by atoms with Crippen LogP contribution < -0.4 is 0 Å². The SMILES string of the molecule is CCCCCCCCCCCCCCCCCCOCC(C)(OC(C)C)N(C)C. The van der Waals surface area contributed by atoms with Crippen molar-refractivity contribution in [2.24, 2.45) is 0 Å². The van der Waals surface area contributed by atoms with Gasteiger partial charge in [-0.3, -0.25) is 4.90 Å². The highest BCUT2D eigenvalue weighted by Gasteiger charge is 2.29. The molecule has 0 amide bonds. The van der Waals surface area contributed by atoms with Crippen molar-refractivity contribution in [2.45, 2.75) is 142 Å². The number of likely N-dealkylation sites (N-methyl/N-ethyl adjacent to an activating group) is 1. The number of ether oxygens (including phenoxy) is 2. The van der Waals surface area contributed by atoms with Gasteiger partial charge in [-0.2, -0.15) is 0 Å².